The van der Waals surface area contributed by atoms with Crippen molar-refractivity contribution in [2.45, 2.75) is 19.8 Å². The van der Waals surface area contributed by atoms with Gasteiger partial charge < -0.3 is 4.74 Å². The quantitative estimate of drug-likeness (QED) is 0.276. The van der Waals surface area contributed by atoms with Crippen molar-refractivity contribution in [1.29, 1.82) is 0 Å². The summed E-state index contributed by atoms with van der Waals surface area (Å²) in [7, 11) is 1.17. The molecule has 0 N–H and O–H groups in total. The van der Waals surface area contributed by atoms with E-state index in [1.54, 1.807) is 42.5 Å². The summed E-state index contributed by atoms with van der Waals surface area (Å²) in [5.41, 5.74) is 0.684. The van der Waals surface area contributed by atoms with Gasteiger partial charge in [-0.1, -0.05) is 78.0 Å². The number of carbonyl (C=O) groups is 2. The first kappa shape index (κ1) is 22.3. The van der Waals surface area contributed by atoms with Gasteiger partial charge in [0.25, 0.3) is 0 Å². The highest BCUT2D eigenvalue weighted by atomic mass is 35.5. The lowest BCUT2D eigenvalue weighted by Gasteiger charge is -2.17. The molecular weight excluding hydrogens is 394 g/mol. The molecule has 0 aliphatic rings. The Morgan fingerprint density at radius 2 is 1.50 bits per heavy atom. The van der Waals surface area contributed by atoms with E-state index in [0.717, 1.165) is 0 Å². The summed E-state index contributed by atoms with van der Waals surface area (Å²) in [6.07, 6.45) is 0. The third-order valence-electron chi connectivity index (χ3n) is 3.40. The summed E-state index contributed by atoms with van der Waals surface area (Å²) in [5.74, 6) is -1.99. The van der Waals surface area contributed by atoms with E-state index in [2.05, 4.69) is 0 Å². The van der Waals surface area contributed by atoms with Gasteiger partial charge in [0, 0.05) is 0 Å². The Morgan fingerprint density at radius 1 is 0.962 bits per heavy atom. The normalized spacial score (nSPS) is 11.3. The predicted octanol–water partition coefficient (Wildman–Crippen LogP) is 5.37. The summed E-state index contributed by atoms with van der Waals surface area (Å²) in [4.78, 5) is 25.6. The number of benzene rings is 2. The van der Waals surface area contributed by atoms with Crippen LogP contribution in [0.1, 0.15) is 35.7 Å². The third-order valence-corrected chi connectivity index (χ3v) is 4.03. The van der Waals surface area contributed by atoms with Gasteiger partial charge in [-0.2, -0.15) is 0 Å². The molecule has 0 amide bonds. The number of esters is 1. The topological polar surface area (TPSA) is 60.4 Å². The molecule has 0 heterocycles. The fraction of sp³-hybridized carbons (Fsp3) is 0.263. The standard InChI is InChI=1S/C19H18Cl2O3.H2OP/c1-12(2)11-24-19(23)16(13-7-4-3-5-8-13)18(22)17-14(20)9-6-10-15(17)21;1-2/h3-10,12,16H,11H2,1-2H3;2H2/q;+1. The van der Waals surface area contributed by atoms with Crippen LogP contribution in [-0.2, 0) is 14.1 Å². The number of hydrogen-bond acceptors (Lipinski definition) is 4. The van der Waals surface area contributed by atoms with E-state index >= 15 is 0 Å². The molecule has 0 spiro atoms. The molecule has 0 aromatic heterocycles. The largest absolute Gasteiger partial charge is 0.465 e. The van der Waals surface area contributed by atoms with Crippen molar-refractivity contribution in [3.8, 4) is 0 Å². The molecule has 4 nitrogen and oxygen atoms in total. The van der Waals surface area contributed by atoms with Crippen LogP contribution < -0.4 is 0 Å². The zero-order valence-electron chi connectivity index (χ0n) is 14.4. The molecule has 0 aliphatic heterocycles. The maximum absolute atomic E-state index is 13.0. The van der Waals surface area contributed by atoms with Crippen LogP contribution in [0.15, 0.2) is 48.5 Å². The van der Waals surface area contributed by atoms with Crippen molar-refractivity contribution < 1.29 is 18.9 Å². The van der Waals surface area contributed by atoms with Gasteiger partial charge in [-0.05, 0) is 23.6 Å². The van der Waals surface area contributed by atoms with Crippen molar-refractivity contribution in [3.05, 3.63) is 69.7 Å². The first-order valence-electron chi connectivity index (χ1n) is 7.85. The molecule has 2 unspecified atom stereocenters. The Labute approximate surface area is 165 Å². The van der Waals surface area contributed by atoms with E-state index in [4.69, 9.17) is 32.5 Å². The summed E-state index contributed by atoms with van der Waals surface area (Å²) < 4.78 is 13.5. The second-order valence-corrected chi connectivity index (χ2v) is 6.64. The molecule has 0 saturated heterocycles. The number of hydrogen-bond donors (Lipinski definition) is 0. The average Bonchev–Trinajstić information content (AvgIpc) is 2.62. The molecular formula is C19H20Cl2O4P+. The number of ether oxygens (including phenoxy) is 1. The minimum absolute atomic E-state index is 0.135. The van der Waals surface area contributed by atoms with Crippen LogP contribution >= 0.6 is 32.3 Å². The predicted molar refractivity (Wildman–Crippen MR) is 106 cm³/mol. The van der Waals surface area contributed by atoms with Crippen LogP contribution in [0, 0.1) is 5.92 Å². The second-order valence-electron chi connectivity index (χ2n) is 5.83. The Bertz CT molecular complexity index is 730. The van der Waals surface area contributed by atoms with Crippen molar-refractivity contribution in [2.75, 3.05) is 6.61 Å². The van der Waals surface area contributed by atoms with E-state index in [1.165, 1.54) is 9.12 Å². The fourth-order valence-corrected chi connectivity index (χ4v) is 2.83. The molecule has 0 saturated carbocycles. The molecule has 0 fully saturated rings. The molecule has 2 atom stereocenters. The highest BCUT2D eigenvalue weighted by Crippen LogP contribution is 2.31. The Hall–Kier alpha value is -1.74. The van der Waals surface area contributed by atoms with Gasteiger partial charge in [-0.3, -0.25) is 9.59 Å². The van der Waals surface area contributed by atoms with Crippen LogP contribution in [0.5, 0.6) is 0 Å². The molecule has 2 aromatic rings. The van der Waals surface area contributed by atoms with Crippen molar-refractivity contribution >= 4 is 44.1 Å². The second kappa shape index (κ2) is 11.1. The van der Waals surface area contributed by atoms with Crippen LogP contribution in [0.4, 0.5) is 0 Å². The van der Waals surface area contributed by atoms with Crippen molar-refractivity contribution in [2.24, 2.45) is 5.92 Å². The van der Waals surface area contributed by atoms with Crippen LogP contribution in [0.2, 0.25) is 10.0 Å². The van der Waals surface area contributed by atoms with E-state index in [0.29, 0.717) is 5.56 Å². The average molecular weight is 414 g/mol. The lowest BCUT2D eigenvalue weighted by Crippen LogP contribution is -2.26. The first-order valence-corrected chi connectivity index (χ1v) is 9.08. The number of Topliss-reactive ketones (excluding diaryl/α,β-unsaturated/α-hetero) is 1. The maximum atomic E-state index is 13.0. The van der Waals surface area contributed by atoms with Gasteiger partial charge in [0.15, 0.2) is 5.78 Å². The van der Waals surface area contributed by atoms with Crippen molar-refractivity contribution in [3.63, 3.8) is 0 Å². The summed E-state index contributed by atoms with van der Waals surface area (Å²) in [6, 6.07) is 13.6. The van der Waals surface area contributed by atoms with Gasteiger partial charge in [-0.25, -0.2) is 0 Å². The highest BCUT2D eigenvalue weighted by molar-refractivity contribution is 7.00. The number of ketones is 1. The monoisotopic (exact) mass is 413 g/mol. The zero-order valence-corrected chi connectivity index (χ0v) is 17.1. The minimum atomic E-state index is -1.10. The molecule has 0 radical (unpaired) electrons. The Kier molecular flexibility index (Phi) is 9.50. The smallest absolute Gasteiger partial charge is 0.321 e. The number of rotatable bonds is 6. The summed E-state index contributed by atoms with van der Waals surface area (Å²) in [6.45, 7) is 4.10. The molecule has 2 rings (SSSR count). The summed E-state index contributed by atoms with van der Waals surface area (Å²) in [5, 5.41) is 0.426. The van der Waals surface area contributed by atoms with Gasteiger partial charge in [-0.15, -0.1) is 0 Å². The zero-order chi connectivity index (χ0) is 19.7. The van der Waals surface area contributed by atoms with Gasteiger partial charge in [0.05, 0.1) is 22.2 Å². The maximum Gasteiger partial charge on any atom is 0.321 e. The van der Waals surface area contributed by atoms with Gasteiger partial charge in [0.2, 0.25) is 0 Å². The number of carbonyl (C=O) groups excluding carboxylic acids is 2. The Morgan fingerprint density at radius 3 is 2.00 bits per heavy atom. The molecule has 0 bridgehead atoms. The van der Waals surface area contributed by atoms with E-state index in [1.807, 2.05) is 19.9 Å². The summed E-state index contributed by atoms with van der Waals surface area (Å²) >= 11 is 12.3. The van der Waals surface area contributed by atoms with Crippen LogP contribution in [0.25, 0.3) is 0 Å². The Balaban J connectivity index is 0.00000163. The number of halogens is 2. The fourth-order valence-electron chi connectivity index (χ4n) is 2.25. The first-order chi connectivity index (χ1) is 12.4. The molecule has 0 aliphatic carbocycles. The highest BCUT2D eigenvalue weighted by Gasteiger charge is 2.33. The molecule has 7 heteroatoms. The van der Waals surface area contributed by atoms with Crippen LogP contribution in [0.3, 0.4) is 0 Å². The van der Waals surface area contributed by atoms with E-state index in [9.17, 15) is 9.59 Å². The van der Waals surface area contributed by atoms with E-state index < -0.39 is 17.7 Å². The third kappa shape index (κ3) is 5.91. The van der Waals surface area contributed by atoms with Crippen molar-refractivity contribution in [1.82, 2.24) is 0 Å². The lowest BCUT2D eigenvalue weighted by atomic mass is 9.90. The molecule has 2 aromatic carbocycles. The molecule has 138 valence electrons. The lowest BCUT2D eigenvalue weighted by molar-refractivity contribution is -0.145. The van der Waals surface area contributed by atoms with E-state index in [-0.39, 0.29) is 28.1 Å². The minimum Gasteiger partial charge on any atom is -0.465 e. The molecule has 26 heavy (non-hydrogen) atoms. The van der Waals surface area contributed by atoms with Gasteiger partial charge in [0.1, 0.15) is 5.92 Å². The van der Waals surface area contributed by atoms with Gasteiger partial charge >= 0.3 is 15.1 Å². The van der Waals surface area contributed by atoms with Crippen LogP contribution in [-0.4, -0.2) is 18.4 Å². The SMILES string of the molecule is CC(C)COC(=O)C(C(=O)c1c(Cl)cccc1Cl)c1ccccc1.O=[PH2+].